The van der Waals surface area contributed by atoms with Crippen molar-refractivity contribution in [3.05, 3.63) is 35.4 Å². The molecule has 3 aliphatic heterocycles. The molecule has 0 aromatic heterocycles. The summed E-state index contributed by atoms with van der Waals surface area (Å²) in [5, 5.41) is 3.00. The summed E-state index contributed by atoms with van der Waals surface area (Å²) in [6, 6.07) is 7.60. The van der Waals surface area contributed by atoms with E-state index in [2.05, 4.69) is 22.3 Å². The molecular formula is C28H39N3O4. The highest BCUT2D eigenvalue weighted by molar-refractivity contribution is 5.99. The second-order valence-electron chi connectivity index (χ2n) is 10.9. The Morgan fingerprint density at radius 3 is 2.40 bits per heavy atom. The lowest BCUT2D eigenvalue weighted by molar-refractivity contribution is -0.139. The Labute approximate surface area is 208 Å². The van der Waals surface area contributed by atoms with E-state index in [1.807, 2.05) is 26.0 Å². The molecule has 35 heavy (non-hydrogen) atoms. The average Bonchev–Trinajstić information content (AvgIpc) is 3.44. The molecule has 1 saturated carbocycles. The highest BCUT2D eigenvalue weighted by Crippen LogP contribution is 2.33. The number of Topliss-reactive ketones (excluding diaryl/α,β-unsaturated/α-hetero) is 1. The summed E-state index contributed by atoms with van der Waals surface area (Å²) in [7, 11) is 0. The topological polar surface area (TPSA) is 79.0 Å². The smallest absolute Gasteiger partial charge is 0.251 e. The first-order valence-electron chi connectivity index (χ1n) is 13.6. The first-order valence-corrected chi connectivity index (χ1v) is 13.6. The van der Waals surface area contributed by atoms with E-state index in [9.17, 15) is 14.4 Å². The number of fused-ring (bicyclic) bond motifs is 1. The molecule has 3 saturated heterocycles. The van der Waals surface area contributed by atoms with E-state index in [1.54, 1.807) is 4.90 Å². The van der Waals surface area contributed by atoms with Gasteiger partial charge in [0.05, 0.1) is 6.10 Å². The molecule has 7 heteroatoms. The highest BCUT2D eigenvalue weighted by atomic mass is 16.5. The molecule has 0 spiro atoms. The number of piperidine rings is 1. The van der Waals surface area contributed by atoms with Crippen LogP contribution in [-0.4, -0.2) is 77.9 Å². The van der Waals surface area contributed by atoms with E-state index in [0.29, 0.717) is 24.4 Å². The molecule has 2 amide bonds. The first-order chi connectivity index (χ1) is 17.0. The van der Waals surface area contributed by atoms with Crippen molar-refractivity contribution in [2.24, 2.45) is 5.92 Å². The SMILES string of the molecule is CCC(C)[C@H](NC(=O)c1ccc(C2CCN(C3CCC3)CC2)cc1)C(=O)N1CC[C@H]2OCC(=O)[C@H]21. The van der Waals surface area contributed by atoms with Crippen molar-refractivity contribution >= 4 is 17.6 Å². The van der Waals surface area contributed by atoms with E-state index in [4.69, 9.17) is 4.74 Å². The molecule has 0 bridgehead atoms. The summed E-state index contributed by atoms with van der Waals surface area (Å²) in [4.78, 5) is 43.2. The van der Waals surface area contributed by atoms with E-state index < -0.39 is 12.1 Å². The lowest BCUT2D eigenvalue weighted by Crippen LogP contribution is -2.54. The van der Waals surface area contributed by atoms with Crippen LogP contribution in [0.5, 0.6) is 0 Å². The molecule has 1 N–H and O–H groups in total. The fraction of sp³-hybridized carbons (Fsp3) is 0.679. The fourth-order valence-corrected chi connectivity index (χ4v) is 6.18. The van der Waals surface area contributed by atoms with Crippen molar-refractivity contribution in [3.8, 4) is 0 Å². The van der Waals surface area contributed by atoms with Crippen LogP contribution in [0, 0.1) is 5.92 Å². The summed E-state index contributed by atoms with van der Waals surface area (Å²) < 4.78 is 5.54. The maximum Gasteiger partial charge on any atom is 0.251 e. The van der Waals surface area contributed by atoms with Gasteiger partial charge in [-0.3, -0.25) is 14.4 Å². The standard InChI is InChI=1S/C28H39N3O4/c1-3-18(2)25(28(34)31-16-13-24-26(31)23(32)17-35-24)29-27(33)21-9-7-19(8-10-21)20-11-14-30(15-12-20)22-5-4-6-22/h7-10,18,20,22,24-26H,3-6,11-17H2,1-2H3,(H,29,33)/t18?,24-,25+,26-/m1/s1. The van der Waals surface area contributed by atoms with E-state index in [0.717, 1.165) is 12.5 Å². The fourth-order valence-electron chi connectivity index (χ4n) is 6.18. The molecule has 1 aromatic rings. The van der Waals surface area contributed by atoms with E-state index in [-0.39, 0.29) is 36.2 Å². The summed E-state index contributed by atoms with van der Waals surface area (Å²) in [6.45, 7) is 6.90. The van der Waals surface area contributed by atoms with Crippen molar-refractivity contribution in [2.45, 2.75) is 88.9 Å². The van der Waals surface area contributed by atoms with Crippen LogP contribution in [0.25, 0.3) is 0 Å². The van der Waals surface area contributed by atoms with E-state index >= 15 is 0 Å². The highest BCUT2D eigenvalue weighted by Gasteiger charge is 2.48. The van der Waals surface area contributed by atoms with Gasteiger partial charge in [-0.1, -0.05) is 38.8 Å². The van der Waals surface area contributed by atoms with Gasteiger partial charge >= 0.3 is 0 Å². The molecule has 1 aromatic carbocycles. The number of hydrogen-bond acceptors (Lipinski definition) is 5. The van der Waals surface area contributed by atoms with Gasteiger partial charge in [-0.05, 0) is 74.7 Å². The van der Waals surface area contributed by atoms with Gasteiger partial charge in [-0.25, -0.2) is 0 Å². The number of amides is 2. The van der Waals surface area contributed by atoms with E-state index in [1.165, 1.54) is 50.8 Å². The number of carbonyl (C=O) groups excluding carboxylic acids is 3. The minimum Gasteiger partial charge on any atom is -0.368 e. The van der Waals surface area contributed by atoms with Gasteiger partial charge in [0.2, 0.25) is 5.91 Å². The molecule has 7 nitrogen and oxygen atoms in total. The van der Waals surface area contributed by atoms with Crippen LogP contribution in [-0.2, 0) is 14.3 Å². The van der Waals surface area contributed by atoms with Crippen molar-refractivity contribution in [1.82, 2.24) is 15.1 Å². The van der Waals surface area contributed by atoms with Crippen LogP contribution in [0.4, 0.5) is 0 Å². The molecule has 190 valence electrons. The quantitative estimate of drug-likeness (QED) is 0.647. The van der Waals surface area contributed by atoms with Gasteiger partial charge < -0.3 is 19.9 Å². The van der Waals surface area contributed by atoms with Crippen LogP contribution in [0.2, 0.25) is 0 Å². The summed E-state index contributed by atoms with van der Waals surface area (Å²) in [5.74, 6) is 0.0630. The third kappa shape index (κ3) is 4.90. The van der Waals surface area contributed by atoms with Crippen LogP contribution in [0.1, 0.15) is 80.6 Å². The normalized spacial score (nSPS) is 27.4. The molecule has 3 heterocycles. The minimum atomic E-state index is -0.657. The number of nitrogens with zero attached hydrogens (tertiary/aromatic N) is 2. The molecule has 0 radical (unpaired) electrons. The lowest BCUT2D eigenvalue weighted by atomic mass is 9.85. The zero-order valence-corrected chi connectivity index (χ0v) is 21.1. The van der Waals surface area contributed by atoms with Crippen molar-refractivity contribution in [3.63, 3.8) is 0 Å². The van der Waals surface area contributed by atoms with Crippen LogP contribution >= 0.6 is 0 Å². The molecule has 1 aliphatic carbocycles. The van der Waals surface area contributed by atoms with Crippen molar-refractivity contribution < 1.29 is 19.1 Å². The number of nitrogens with one attached hydrogen (secondary N) is 1. The summed E-state index contributed by atoms with van der Waals surface area (Å²) in [5.41, 5.74) is 1.87. The van der Waals surface area contributed by atoms with Gasteiger partial charge in [0.1, 0.15) is 18.7 Å². The van der Waals surface area contributed by atoms with Crippen molar-refractivity contribution in [1.29, 1.82) is 0 Å². The number of rotatable bonds is 7. The molecule has 4 atom stereocenters. The Bertz CT molecular complexity index is 936. The number of benzene rings is 1. The zero-order valence-electron chi connectivity index (χ0n) is 21.1. The molecule has 5 rings (SSSR count). The molecule has 1 unspecified atom stereocenters. The maximum absolute atomic E-state index is 13.5. The van der Waals surface area contributed by atoms with Crippen LogP contribution in [0.3, 0.4) is 0 Å². The monoisotopic (exact) mass is 481 g/mol. The van der Waals surface area contributed by atoms with Gasteiger partial charge in [0.25, 0.3) is 5.91 Å². The molecule has 4 aliphatic rings. The lowest BCUT2D eigenvalue weighted by Gasteiger charge is -2.42. The number of ether oxygens (including phenoxy) is 1. The average molecular weight is 482 g/mol. The zero-order chi connectivity index (χ0) is 24.5. The Hall–Kier alpha value is -2.25. The molecule has 4 fully saturated rings. The Morgan fingerprint density at radius 1 is 1.06 bits per heavy atom. The van der Waals surface area contributed by atoms with Gasteiger partial charge in [0, 0.05) is 18.2 Å². The number of hydrogen-bond donors (Lipinski definition) is 1. The maximum atomic E-state index is 13.5. The third-order valence-corrected chi connectivity index (χ3v) is 8.93. The second kappa shape index (κ2) is 10.4. The van der Waals surface area contributed by atoms with Gasteiger partial charge in [-0.2, -0.15) is 0 Å². The van der Waals surface area contributed by atoms with Gasteiger partial charge in [0.15, 0.2) is 5.78 Å². The van der Waals surface area contributed by atoms with Crippen LogP contribution in [0.15, 0.2) is 24.3 Å². The Kier molecular flexibility index (Phi) is 7.26. The van der Waals surface area contributed by atoms with Crippen LogP contribution < -0.4 is 5.32 Å². The number of likely N-dealkylation sites (tertiary alicyclic amines) is 2. The van der Waals surface area contributed by atoms with Gasteiger partial charge in [-0.15, -0.1) is 0 Å². The largest absolute Gasteiger partial charge is 0.368 e. The summed E-state index contributed by atoms with van der Waals surface area (Å²) >= 11 is 0. The predicted octanol–water partition coefficient (Wildman–Crippen LogP) is 3.13. The summed E-state index contributed by atoms with van der Waals surface area (Å²) in [6.07, 6.45) is 7.66. The Morgan fingerprint density at radius 2 is 1.77 bits per heavy atom. The second-order valence-corrected chi connectivity index (χ2v) is 10.9. The predicted molar refractivity (Wildman–Crippen MR) is 133 cm³/mol. The minimum absolute atomic E-state index is 0.0378. The third-order valence-electron chi connectivity index (χ3n) is 8.93. The Balaban J connectivity index is 1.21. The molecular weight excluding hydrogens is 442 g/mol. The number of carbonyl (C=O) groups is 3. The number of ketones is 1. The first kappa shape index (κ1) is 24.4. The van der Waals surface area contributed by atoms with Crippen molar-refractivity contribution in [2.75, 3.05) is 26.2 Å².